The number of alkyl halides is 1. The van der Waals surface area contributed by atoms with Gasteiger partial charge in [0, 0.05) is 5.88 Å². The lowest BCUT2D eigenvalue weighted by Gasteiger charge is -2.03. The van der Waals surface area contributed by atoms with Gasteiger partial charge in [0.2, 0.25) is 0 Å². The molecular formula is C12H13ClO3. The van der Waals surface area contributed by atoms with E-state index in [1.165, 1.54) is 13.2 Å². The van der Waals surface area contributed by atoms with Crippen molar-refractivity contribution in [1.82, 2.24) is 0 Å². The van der Waals surface area contributed by atoms with Gasteiger partial charge in [-0.3, -0.25) is 0 Å². The highest BCUT2D eigenvalue weighted by atomic mass is 35.5. The molecule has 0 atom stereocenters. The number of hydrogen-bond acceptors (Lipinski definition) is 2. The quantitative estimate of drug-likeness (QED) is 0.805. The zero-order chi connectivity index (χ0) is 12.0. The first-order chi connectivity index (χ1) is 7.67. The number of halogens is 1. The summed E-state index contributed by atoms with van der Waals surface area (Å²) in [5.74, 6) is 0.114. The van der Waals surface area contributed by atoms with Crippen molar-refractivity contribution in [3.63, 3.8) is 0 Å². The lowest BCUT2D eigenvalue weighted by atomic mass is 10.1. The van der Waals surface area contributed by atoms with Crippen LogP contribution in [0, 0.1) is 0 Å². The Balaban J connectivity index is 2.99. The van der Waals surface area contributed by atoms with Crippen LogP contribution in [0.3, 0.4) is 0 Å². The molecule has 86 valence electrons. The minimum atomic E-state index is -0.967. The largest absolute Gasteiger partial charge is 0.497 e. The van der Waals surface area contributed by atoms with Crippen LogP contribution < -0.4 is 4.74 Å². The molecule has 0 bridgehead atoms. The maximum Gasteiger partial charge on any atom is 0.335 e. The molecule has 0 aliphatic carbocycles. The van der Waals surface area contributed by atoms with E-state index in [0.29, 0.717) is 11.6 Å². The molecule has 0 saturated carbocycles. The topological polar surface area (TPSA) is 46.5 Å². The average molecular weight is 241 g/mol. The van der Waals surface area contributed by atoms with Crippen LogP contribution in [0.25, 0.3) is 6.08 Å². The summed E-state index contributed by atoms with van der Waals surface area (Å²) in [5, 5.41) is 8.90. The van der Waals surface area contributed by atoms with Gasteiger partial charge in [-0.2, -0.15) is 0 Å². The van der Waals surface area contributed by atoms with Gasteiger partial charge in [-0.25, -0.2) is 4.79 Å². The summed E-state index contributed by atoms with van der Waals surface area (Å²) in [5.41, 5.74) is 1.01. The molecule has 3 nitrogen and oxygen atoms in total. The Morgan fingerprint density at radius 3 is 2.81 bits per heavy atom. The normalized spacial score (nSPS) is 10.6. The number of carboxylic acids is 1. The summed E-state index contributed by atoms with van der Waals surface area (Å²) < 4.78 is 5.03. The summed E-state index contributed by atoms with van der Waals surface area (Å²) in [6.07, 6.45) is 4.48. The van der Waals surface area contributed by atoms with E-state index in [1.807, 2.05) is 12.2 Å². The van der Waals surface area contributed by atoms with Crippen molar-refractivity contribution in [3.8, 4) is 5.75 Å². The van der Waals surface area contributed by atoms with E-state index in [1.54, 1.807) is 12.1 Å². The van der Waals surface area contributed by atoms with Crippen LogP contribution in [0.2, 0.25) is 0 Å². The van der Waals surface area contributed by atoms with Crippen molar-refractivity contribution in [2.45, 2.75) is 6.42 Å². The molecule has 0 aliphatic heterocycles. The summed E-state index contributed by atoms with van der Waals surface area (Å²) in [6, 6.07) is 4.86. The molecule has 16 heavy (non-hydrogen) atoms. The number of carbonyl (C=O) groups is 1. The summed E-state index contributed by atoms with van der Waals surface area (Å²) in [7, 11) is 1.51. The number of methoxy groups -OCH3 is 1. The Morgan fingerprint density at radius 1 is 1.50 bits per heavy atom. The average Bonchev–Trinajstić information content (AvgIpc) is 2.29. The zero-order valence-electron chi connectivity index (χ0n) is 8.94. The van der Waals surface area contributed by atoms with E-state index in [-0.39, 0.29) is 5.56 Å². The summed E-state index contributed by atoms with van der Waals surface area (Å²) >= 11 is 5.54. The molecule has 0 amide bonds. The molecule has 0 spiro atoms. The van der Waals surface area contributed by atoms with Crippen molar-refractivity contribution < 1.29 is 14.6 Å². The van der Waals surface area contributed by atoms with Gasteiger partial charge in [0.15, 0.2) is 0 Å². The maximum atomic E-state index is 10.9. The predicted molar refractivity (Wildman–Crippen MR) is 64.3 cm³/mol. The number of allylic oxidation sites excluding steroid dienone is 1. The van der Waals surface area contributed by atoms with Gasteiger partial charge < -0.3 is 9.84 Å². The highest BCUT2D eigenvalue weighted by molar-refractivity contribution is 6.17. The Hall–Kier alpha value is -1.48. The minimum absolute atomic E-state index is 0.213. The third kappa shape index (κ3) is 3.59. The van der Waals surface area contributed by atoms with Crippen molar-refractivity contribution in [3.05, 3.63) is 35.4 Å². The number of aromatic carboxylic acids is 1. The van der Waals surface area contributed by atoms with Crippen LogP contribution in [0.4, 0.5) is 0 Å². The van der Waals surface area contributed by atoms with Crippen LogP contribution in [0.5, 0.6) is 5.75 Å². The predicted octanol–water partition coefficient (Wildman–Crippen LogP) is 3.04. The second kappa shape index (κ2) is 6.18. The van der Waals surface area contributed by atoms with Crippen LogP contribution in [0.15, 0.2) is 24.3 Å². The van der Waals surface area contributed by atoms with E-state index in [2.05, 4.69) is 0 Å². The molecule has 1 rings (SSSR count). The smallest absolute Gasteiger partial charge is 0.335 e. The number of hydrogen-bond donors (Lipinski definition) is 1. The van der Waals surface area contributed by atoms with Gasteiger partial charge in [0.05, 0.1) is 12.7 Å². The first-order valence-electron chi connectivity index (χ1n) is 4.82. The van der Waals surface area contributed by atoms with Crippen molar-refractivity contribution in [2.24, 2.45) is 0 Å². The summed E-state index contributed by atoms with van der Waals surface area (Å²) in [4.78, 5) is 10.9. The van der Waals surface area contributed by atoms with E-state index >= 15 is 0 Å². The van der Waals surface area contributed by atoms with Crippen molar-refractivity contribution in [1.29, 1.82) is 0 Å². The molecule has 0 aliphatic rings. The van der Waals surface area contributed by atoms with E-state index in [0.717, 1.165) is 12.0 Å². The number of benzene rings is 1. The Bertz CT molecular complexity index is 399. The molecule has 1 aromatic rings. The van der Waals surface area contributed by atoms with Gasteiger partial charge in [-0.15, -0.1) is 11.6 Å². The SMILES string of the molecule is COc1cc(C=CCCCl)cc(C(=O)O)c1. The highest BCUT2D eigenvalue weighted by Crippen LogP contribution is 2.18. The molecule has 0 saturated heterocycles. The van der Waals surface area contributed by atoms with Crippen molar-refractivity contribution in [2.75, 3.05) is 13.0 Å². The Kier molecular flexibility index (Phi) is 4.86. The Labute approximate surface area is 99.3 Å². The Morgan fingerprint density at radius 2 is 2.25 bits per heavy atom. The molecular weight excluding hydrogens is 228 g/mol. The fourth-order valence-electron chi connectivity index (χ4n) is 1.24. The van der Waals surface area contributed by atoms with Gasteiger partial charge >= 0.3 is 5.97 Å². The number of ether oxygens (including phenoxy) is 1. The zero-order valence-corrected chi connectivity index (χ0v) is 9.70. The monoisotopic (exact) mass is 240 g/mol. The fraction of sp³-hybridized carbons (Fsp3) is 0.250. The molecule has 1 N–H and O–H groups in total. The van der Waals surface area contributed by atoms with Gasteiger partial charge in [0.25, 0.3) is 0 Å². The highest BCUT2D eigenvalue weighted by Gasteiger charge is 2.05. The van der Waals surface area contributed by atoms with E-state index in [4.69, 9.17) is 21.4 Å². The molecule has 0 heterocycles. The number of rotatable bonds is 5. The maximum absolute atomic E-state index is 10.9. The molecule has 4 heteroatoms. The van der Waals surface area contributed by atoms with Gasteiger partial charge in [-0.05, 0) is 30.2 Å². The lowest BCUT2D eigenvalue weighted by molar-refractivity contribution is 0.0696. The molecule has 1 aromatic carbocycles. The van der Waals surface area contributed by atoms with Crippen LogP contribution in [-0.4, -0.2) is 24.1 Å². The molecule has 0 unspecified atom stereocenters. The van der Waals surface area contributed by atoms with Crippen LogP contribution in [-0.2, 0) is 0 Å². The lowest BCUT2D eigenvalue weighted by Crippen LogP contribution is -1.97. The molecule has 0 fully saturated rings. The van der Waals surface area contributed by atoms with Gasteiger partial charge in [0.1, 0.15) is 5.75 Å². The number of carboxylic acid groups (broad SMARTS) is 1. The second-order valence-corrected chi connectivity index (χ2v) is 3.56. The van der Waals surface area contributed by atoms with Gasteiger partial charge in [-0.1, -0.05) is 12.2 Å². The third-order valence-electron chi connectivity index (χ3n) is 2.00. The van der Waals surface area contributed by atoms with Crippen molar-refractivity contribution >= 4 is 23.6 Å². The molecule has 0 radical (unpaired) electrons. The summed E-state index contributed by atoms with van der Waals surface area (Å²) in [6.45, 7) is 0. The van der Waals surface area contributed by atoms with E-state index in [9.17, 15) is 4.79 Å². The standard InChI is InChI=1S/C12H13ClO3/c1-16-11-7-9(4-2-3-5-13)6-10(8-11)12(14)15/h2,4,6-8H,3,5H2,1H3,(H,14,15). The third-order valence-corrected chi connectivity index (χ3v) is 2.22. The van der Waals surface area contributed by atoms with Crippen LogP contribution >= 0.6 is 11.6 Å². The van der Waals surface area contributed by atoms with Crippen LogP contribution in [0.1, 0.15) is 22.3 Å². The molecule has 0 aromatic heterocycles. The van der Waals surface area contributed by atoms with E-state index < -0.39 is 5.97 Å². The minimum Gasteiger partial charge on any atom is -0.497 e. The fourth-order valence-corrected chi connectivity index (χ4v) is 1.37. The first kappa shape index (κ1) is 12.6. The second-order valence-electron chi connectivity index (χ2n) is 3.18. The first-order valence-corrected chi connectivity index (χ1v) is 5.35.